The Kier molecular flexibility index (Phi) is 4.37. The first-order chi connectivity index (χ1) is 8.02. The molecule has 0 fully saturated rings. The first kappa shape index (κ1) is 12.9. The third kappa shape index (κ3) is 4.05. The fourth-order valence-electron chi connectivity index (χ4n) is 1.41. The lowest BCUT2D eigenvalue weighted by Gasteiger charge is -2.18. The summed E-state index contributed by atoms with van der Waals surface area (Å²) in [6.07, 6.45) is 5.13. The monoisotopic (exact) mass is 235 g/mol. The number of terminal acetylenes is 1. The average molecular weight is 235 g/mol. The van der Waals surface area contributed by atoms with Gasteiger partial charge < -0.3 is 15.3 Å². The van der Waals surface area contributed by atoms with E-state index in [-0.39, 0.29) is 31.1 Å². The van der Waals surface area contributed by atoms with E-state index in [0.29, 0.717) is 5.56 Å². The highest BCUT2D eigenvalue weighted by Gasteiger charge is 2.11. The Bertz CT molecular complexity index is 450. The average Bonchev–Trinajstić information content (AvgIpc) is 2.21. The van der Waals surface area contributed by atoms with E-state index in [1.54, 1.807) is 0 Å². The van der Waals surface area contributed by atoms with Crippen LogP contribution in [0.4, 0.5) is 0 Å². The second-order valence-corrected chi connectivity index (χ2v) is 3.56. The van der Waals surface area contributed by atoms with Gasteiger partial charge in [-0.3, -0.25) is 9.69 Å². The number of carbonyl (C=O) groups is 1. The molecule has 0 aliphatic carbocycles. The maximum Gasteiger partial charge on any atom is 0.317 e. The van der Waals surface area contributed by atoms with Crippen molar-refractivity contribution in [1.29, 1.82) is 0 Å². The number of benzene rings is 1. The molecule has 0 aliphatic heterocycles. The molecule has 0 bridgehead atoms. The van der Waals surface area contributed by atoms with Gasteiger partial charge in [-0.05, 0) is 6.07 Å². The van der Waals surface area contributed by atoms with E-state index >= 15 is 0 Å². The summed E-state index contributed by atoms with van der Waals surface area (Å²) >= 11 is 0. The van der Waals surface area contributed by atoms with Crippen LogP contribution in [0.2, 0.25) is 0 Å². The molecule has 1 rings (SSSR count). The highest BCUT2D eigenvalue weighted by molar-refractivity contribution is 5.69. The largest absolute Gasteiger partial charge is 0.508 e. The molecular formula is C12H13NO4. The van der Waals surface area contributed by atoms with E-state index < -0.39 is 5.97 Å². The van der Waals surface area contributed by atoms with Crippen LogP contribution in [0.15, 0.2) is 18.2 Å². The van der Waals surface area contributed by atoms with Crippen LogP contribution in [0, 0.1) is 12.3 Å². The van der Waals surface area contributed by atoms with Gasteiger partial charge in [-0.25, -0.2) is 0 Å². The predicted molar refractivity (Wildman–Crippen MR) is 61.5 cm³/mol. The fraction of sp³-hybridized carbons (Fsp3) is 0.250. The van der Waals surface area contributed by atoms with Crippen molar-refractivity contribution in [3.8, 4) is 23.8 Å². The maximum atomic E-state index is 10.6. The van der Waals surface area contributed by atoms with Crippen molar-refractivity contribution in [2.45, 2.75) is 6.54 Å². The predicted octanol–water partition coefficient (Wildman–Crippen LogP) is 0.618. The lowest BCUT2D eigenvalue weighted by molar-refractivity contribution is -0.138. The molecule has 0 unspecified atom stereocenters. The number of aliphatic carboxylic acids is 1. The summed E-state index contributed by atoms with van der Waals surface area (Å²) in [5.41, 5.74) is 0.513. The number of aromatic hydroxyl groups is 2. The van der Waals surface area contributed by atoms with Gasteiger partial charge in [0.1, 0.15) is 11.5 Å². The van der Waals surface area contributed by atoms with Crippen molar-refractivity contribution in [1.82, 2.24) is 4.90 Å². The number of hydrogen-bond donors (Lipinski definition) is 3. The molecule has 3 N–H and O–H groups in total. The number of carboxylic acid groups (broad SMARTS) is 1. The van der Waals surface area contributed by atoms with E-state index in [4.69, 9.17) is 16.6 Å². The van der Waals surface area contributed by atoms with Gasteiger partial charge in [-0.2, -0.15) is 0 Å². The van der Waals surface area contributed by atoms with Crippen LogP contribution < -0.4 is 0 Å². The summed E-state index contributed by atoms with van der Waals surface area (Å²) in [5, 5.41) is 27.4. The van der Waals surface area contributed by atoms with E-state index in [2.05, 4.69) is 5.92 Å². The number of rotatable bonds is 5. The van der Waals surface area contributed by atoms with Crippen LogP contribution in [0.5, 0.6) is 11.5 Å². The molecule has 0 saturated heterocycles. The Morgan fingerprint density at radius 3 is 2.65 bits per heavy atom. The van der Waals surface area contributed by atoms with Crippen LogP contribution in [-0.4, -0.2) is 39.3 Å². The van der Waals surface area contributed by atoms with Crippen LogP contribution >= 0.6 is 0 Å². The molecule has 5 nitrogen and oxygen atoms in total. The van der Waals surface area contributed by atoms with Crippen LogP contribution in [-0.2, 0) is 11.3 Å². The minimum absolute atomic E-state index is 0.0482. The second-order valence-electron chi connectivity index (χ2n) is 3.56. The summed E-state index contributed by atoms with van der Waals surface area (Å²) in [5.74, 6) is 1.23. The van der Waals surface area contributed by atoms with Gasteiger partial charge in [0.25, 0.3) is 0 Å². The van der Waals surface area contributed by atoms with Crippen molar-refractivity contribution in [3.05, 3.63) is 23.8 Å². The number of phenolic OH excluding ortho intramolecular Hbond substituents is 2. The molecule has 0 radical (unpaired) electrons. The third-order valence-corrected chi connectivity index (χ3v) is 2.14. The molecular weight excluding hydrogens is 222 g/mol. The van der Waals surface area contributed by atoms with Gasteiger partial charge >= 0.3 is 5.97 Å². The molecule has 0 aromatic heterocycles. The van der Waals surface area contributed by atoms with Gasteiger partial charge in [0.2, 0.25) is 0 Å². The van der Waals surface area contributed by atoms with Crippen molar-refractivity contribution >= 4 is 5.97 Å². The summed E-state index contributed by atoms with van der Waals surface area (Å²) in [4.78, 5) is 12.1. The minimum Gasteiger partial charge on any atom is -0.508 e. The lowest BCUT2D eigenvalue weighted by atomic mass is 10.1. The van der Waals surface area contributed by atoms with E-state index in [0.717, 1.165) is 0 Å². The summed E-state index contributed by atoms with van der Waals surface area (Å²) < 4.78 is 0. The molecule has 0 atom stereocenters. The minimum atomic E-state index is -0.987. The first-order valence-corrected chi connectivity index (χ1v) is 4.91. The molecule has 1 aromatic carbocycles. The van der Waals surface area contributed by atoms with Gasteiger partial charge in [0, 0.05) is 18.2 Å². The normalized spacial score (nSPS) is 10.1. The fourth-order valence-corrected chi connectivity index (χ4v) is 1.41. The highest BCUT2D eigenvalue weighted by Crippen LogP contribution is 2.23. The molecule has 17 heavy (non-hydrogen) atoms. The number of phenols is 2. The number of nitrogens with zero attached hydrogens (tertiary/aromatic N) is 1. The quantitative estimate of drug-likeness (QED) is 0.652. The molecule has 5 heteroatoms. The molecule has 0 amide bonds. The zero-order chi connectivity index (χ0) is 12.8. The molecule has 90 valence electrons. The van der Waals surface area contributed by atoms with Crippen molar-refractivity contribution in [2.24, 2.45) is 0 Å². The zero-order valence-corrected chi connectivity index (χ0v) is 9.13. The van der Waals surface area contributed by atoms with Gasteiger partial charge in [-0.1, -0.05) is 12.0 Å². The van der Waals surface area contributed by atoms with Crippen molar-refractivity contribution in [3.63, 3.8) is 0 Å². The first-order valence-electron chi connectivity index (χ1n) is 4.91. The Labute approximate surface area is 98.9 Å². The van der Waals surface area contributed by atoms with E-state index in [9.17, 15) is 9.90 Å². The lowest BCUT2D eigenvalue weighted by Crippen LogP contribution is -2.29. The summed E-state index contributed by atoms with van der Waals surface area (Å²) in [6, 6.07) is 4.14. The van der Waals surface area contributed by atoms with Gasteiger partial charge in [0.05, 0.1) is 13.1 Å². The van der Waals surface area contributed by atoms with Gasteiger partial charge in [0.15, 0.2) is 0 Å². The highest BCUT2D eigenvalue weighted by atomic mass is 16.4. The Balaban J connectivity index is 2.78. The summed E-state index contributed by atoms with van der Waals surface area (Å²) in [6.45, 7) is 0.180. The number of hydrogen-bond acceptors (Lipinski definition) is 4. The smallest absolute Gasteiger partial charge is 0.317 e. The van der Waals surface area contributed by atoms with Crippen molar-refractivity contribution < 1.29 is 20.1 Å². The molecule has 0 aliphatic rings. The Morgan fingerprint density at radius 2 is 2.12 bits per heavy atom. The Morgan fingerprint density at radius 1 is 1.41 bits per heavy atom. The summed E-state index contributed by atoms with van der Waals surface area (Å²) in [7, 11) is 0. The molecule has 0 spiro atoms. The maximum absolute atomic E-state index is 10.6. The Hall–Kier alpha value is -2.19. The van der Waals surface area contributed by atoms with E-state index in [1.807, 2.05) is 0 Å². The van der Waals surface area contributed by atoms with E-state index in [1.165, 1.54) is 23.1 Å². The zero-order valence-electron chi connectivity index (χ0n) is 9.13. The molecule has 0 heterocycles. The van der Waals surface area contributed by atoms with Crippen LogP contribution in [0.3, 0.4) is 0 Å². The SMILES string of the molecule is C#CCN(CC(=O)O)Cc1ccc(O)cc1O. The van der Waals surface area contributed by atoms with Crippen LogP contribution in [0.25, 0.3) is 0 Å². The topological polar surface area (TPSA) is 81.0 Å². The molecule has 0 saturated carbocycles. The number of carboxylic acids is 1. The standard InChI is InChI=1S/C12H13NO4/c1-2-5-13(8-12(16)17)7-9-3-4-10(14)6-11(9)15/h1,3-4,6,14-15H,5,7-8H2,(H,16,17). The van der Waals surface area contributed by atoms with Crippen molar-refractivity contribution in [2.75, 3.05) is 13.1 Å². The van der Waals surface area contributed by atoms with Crippen LogP contribution in [0.1, 0.15) is 5.56 Å². The third-order valence-electron chi connectivity index (χ3n) is 2.14. The van der Waals surface area contributed by atoms with Gasteiger partial charge in [-0.15, -0.1) is 6.42 Å². The second kappa shape index (κ2) is 5.77. The molecule has 1 aromatic rings.